The summed E-state index contributed by atoms with van der Waals surface area (Å²) >= 11 is 0. The van der Waals surface area contributed by atoms with Crippen LogP contribution in [0.5, 0.6) is 5.75 Å². The van der Waals surface area contributed by atoms with Crippen molar-refractivity contribution in [1.29, 1.82) is 0 Å². The van der Waals surface area contributed by atoms with Crippen molar-refractivity contribution in [2.45, 2.75) is 19.2 Å². The molecule has 1 rings (SSSR count). The molecule has 0 aliphatic rings. The van der Waals surface area contributed by atoms with Crippen molar-refractivity contribution in [3.05, 3.63) is 29.8 Å². The van der Waals surface area contributed by atoms with Gasteiger partial charge in [-0.05, 0) is 19.1 Å². The lowest BCUT2D eigenvalue weighted by Crippen LogP contribution is -2.35. The van der Waals surface area contributed by atoms with E-state index in [1.54, 1.807) is 0 Å². The molecule has 0 saturated heterocycles. The third-order valence-electron chi connectivity index (χ3n) is 1.98. The van der Waals surface area contributed by atoms with Crippen LogP contribution in [-0.4, -0.2) is 25.4 Å². The number of nitrogens with one attached hydrogen (secondary N) is 1. The number of benzene rings is 1. The zero-order valence-corrected chi connectivity index (χ0v) is 9.52. The van der Waals surface area contributed by atoms with Crippen LogP contribution in [0.15, 0.2) is 18.2 Å². The second-order valence-electron chi connectivity index (χ2n) is 3.75. The van der Waals surface area contributed by atoms with Gasteiger partial charge in [-0.2, -0.15) is 13.2 Å². The number of rotatable bonds is 5. The minimum atomic E-state index is -4.30. The summed E-state index contributed by atoms with van der Waals surface area (Å²) in [6.07, 6.45) is -4.98. The quantitative estimate of drug-likeness (QED) is 0.830. The topological polar surface area (TPSA) is 21.3 Å². The highest BCUT2D eigenvalue weighted by atomic mass is 19.4. The maximum Gasteiger partial charge on any atom is 0.401 e. The molecule has 0 aliphatic carbocycles. The van der Waals surface area contributed by atoms with Crippen LogP contribution in [0.1, 0.15) is 6.92 Å². The van der Waals surface area contributed by atoms with E-state index in [0.29, 0.717) is 6.07 Å². The SMILES string of the molecule is CC(CNCC(F)(F)F)Oc1ccc(F)cc1F. The highest BCUT2D eigenvalue weighted by Crippen LogP contribution is 2.19. The van der Waals surface area contributed by atoms with Gasteiger partial charge < -0.3 is 10.1 Å². The number of ether oxygens (including phenoxy) is 1. The van der Waals surface area contributed by atoms with Crippen LogP contribution in [0.4, 0.5) is 22.0 Å². The van der Waals surface area contributed by atoms with Crippen molar-refractivity contribution in [1.82, 2.24) is 5.32 Å². The number of hydrogen-bond acceptors (Lipinski definition) is 2. The Morgan fingerprint density at radius 2 is 1.94 bits per heavy atom. The number of halogens is 5. The third-order valence-corrected chi connectivity index (χ3v) is 1.98. The van der Waals surface area contributed by atoms with E-state index >= 15 is 0 Å². The summed E-state index contributed by atoms with van der Waals surface area (Å²) < 4.78 is 66.3. The van der Waals surface area contributed by atoms with Gasteiger partial charge in [-0.3, -0.25) is 0 Å². The van der Waals surface area contributed by atoms with Gasteiger partial charge in [-0.25, -0.2) is 8.78 Å². The van der Waals surface area contributed by atoms with E-state index in [1.165, 1.54) is 6.92 Å². The fraction of sp³-hybridized carbons (Fsp3) is 0.455. The Kier molecular flexibility index (Phi) is 4.89. The Morgan fingerprint density at radius 3 is 2.50 bits per heavy atom. The number of alkyl halides is 3. The van der Waals surface area contributed by atoms with Crippen molar-refractivity contribution in [2.24, 2.45) is 0 Å². The predicted molar refractivity (Wildman–Crippen MR) is 55.4 cm³/mol. The summed E-state index contributed by atoms with van der Waals surface area (Å²) in [5.41, 5.74) is 0. The van der Waals surface area contributed by atoms with Crippen LogP contribution >= 0.6 is 0 Å². The minimum Gasteiger partial charge on any atom is -0.486 e. The van der Waals surface area contributed by atoms with Crippen LogP contribution < -0.4 is 10.1 Å². The largest absolute Gasteiger partial charge is 0.486 e. The molecule has 0 amide bonds. The first-order valence-electron chi connectivity index (χ1n) is 5.17. The van der Waals surface area contributed by atoms with Gasteiger partial charge in [0.05, 0.1) is 6.54 Å². The minimum absolute atomic E-state index is 0.101. The lowest BCUT2D eigenvalue weighted by molar-refractivity contribution is -0.125. The normalized spacial score (nSPS) is 13.4. The smallest absolute Gasteiger partial charge is 0.401 e. The molecular weight excluding hydrogens is 257 g/mol. The van der Waals surface area contributed by atoms with Crippen molar-refractivity contribution in [3.8, 4) is 5.75 Å². The molecule has 0 heterocycles. The summed E-state index contributed by atoms with van der Waals surface area (Å²) in [6, 6.07) is 2.74. The predicted octanol–water partition coefficient (Wildman–Crippen LogP) is 2.88. The highest BCUT2D eigenvalue weighted by Gasteiger charge is 2.26. The zero-order chi connectivity index (χ0) is 13.8. The van der Waals surface area contributed by atoms with E-state index in [0.717, 1.165) is 12.1 Å². The van der Waals surface area contributed by atoms with Crippen molar-refractivity contribution in [2.75, 3.05) is 13.1 Å². The fourth-order valence-corrected chi connectivity index (χ4v) is 1.25. The molecule has 0 radical (unpaired) electrons. The average molecular weight is 269 g/mol. The molecule has 0 spiro atoms. The summed E-state index contributed by atoms with van der Waals surface area (Å²) in [5, 5.41) is 2.13. The maximum atomic E-state index is 13.2. The van der Waals surface area contributed by atoms with Crippen LogP contribution in [0, 0.1) is 11.6 Å². The lowest BCUT2D eigenvalue weighted by atomic mass is 10.3. The fourth-order valence-electron chi connectivity index (χ4n) is 1.25. The average Bonchev–Trinajstić information content (AvgIpc) is 2.20. The Balaban J connectivity index is 2.42. The van der Waals surface area contributed by atoms with Gasteiger partial charge in [-0.15, -0.1) is 0 Å². The molecule has 1 aromatic carbocycles. The molecule has 1 atom stereocenters. The molecule has 7 heteroatoms. The van der Waals surface area contributed by atoms with E-state index in [4.69, 9.17) is 4.74 Å². The molecule has 1 unspecified atom stereocenters. The standard InChI is InChI=1S/C11H12F5NO/c1-7(5-17-6-11(14,15)16)18-10-3-2-8(12)4-9(10)13/h2-4,7,17H,5-6H2,1H3. The molecule has 0 saturated carbocycles. The molecule has 18 heavy (non-hydrogen) atoms. The molecular formula is C11H12F5NO. The Hall–Kier alpha value is -1.37. The van der Waals surface area contributed by atoms with Crippen molar-refractivity contribution < 1.29 is 26.7 Å². The molecule has 0 aromatic heterocycles. The first kappa shape index (κ1) is 14.7. The maximum absolute atomic E-state index is 13.2. The van der Waals surface area contributed by atoms with Gasteiger partial charge in [0.25, 0.3) is 0 Å². The molecule has 0 aliphatic heterocycles. The Labute approximate surface area is 101 Å². The Morgan fingerprint density at radius 1 is 1.28 bits per heavy atom. The lowest BCUT2D eigenvalue weighted by Gasteiger charge is -2.16. The van der Waals surface area contributed by atoms with E-state index in [9.17, 15) is 22.0 Å². The van der Waals surface area contributed by atoms with E-state index in [1.807, 2.05) is 0 Å². The second kappa shape index (κ2) is 5.99. The second-order valence-corrected chi connectivity index (χ2v) is 3.75. The monoisotopic (exact) mass is 269 g/mol. The van der Waals surface area contributed by atoms with Crippen LogP contribution in [-0.2, 0) is 0 Å². The van der Waals surface area contributed by atoms with Gasteiger partial charge in [0.15, 0.2) is 11.6 Å². The van der Waals surface area contributed by atoms with Crippen molar-refractivity contribution in [3.63, 3.8) is 0 Å². The van der Waals surface area contributed by atoms with Gasteiger partial charge in [0.2, 0.25) is 0 Å². The molecule has 1 aromatic rings. The van der Waals surface area contributed by atoms with E-state index in [2.05, 4.69) is 5.32 Å². The van der Waals surface area contributed by atoms with Crippen LogP contribution in [0.25, 0.3) is 0 Å². The first-order chi connectivity index (χ1) is 8.28. The first-order valence-corrected chi connectivity index (χ1v) is 5.17. The summed E-state index contributed by atoms with van der Waals surface area (Å²) in [5.74, 6) is -1.84. The molecule has 2 nitrogen and oxygen atoms in total. The zero-order valence-electron chi connectivity index (χ0n) is 9.52. The third kappa shape index (κ3) is 5.31. The van der Waals surface area contributed by atoms with E-state index in [-0.39, 0.29) is 12.3 Å². The van der Waals surface area contributed by atoms with E-state index < -0.39 is 30.5 Å². The molecule has 102 valence electrons. The summed E-state index contributed by atoms with van der Waals surface area (Å²) in [6.45, 7) is 0.231. The number of hydrogen-bond donors (Lipinski definition) is 1. The molecule has 0 bridgehead atoms. The van der Waals surface area contributed by atoms with Gasteiger partial charge in [0, 0.05) is 12.6 Å². The van der Waals surface area contributed by atoms with Crippen LogP contribution in [0.2, 0.25) is 0 Å². The highest BCUT2D eigenvalue weighted by molar-refractivity contribution is 5.24. The van der Waals surface area contributed by atoms with Gasteiger partial charge >= 0.3 is 6.18 Å². The summed E-state index contributed by atoms with van der Waals surface area (Å²) in [4.78, 5) is 0. The Bertz CT molecular complexity index is 394. The molecule has 1 N–H and O–H groups in total. The molecule has 0 fully saturated rings. The van der Waals surface area contributed by atoms with Gasteiger partial charge in [0.1, 0.15) is 11.9 Å². The van der Waals surface area contributed by atoms with Crippen LogP contribution in [0.3, 0.4) is 0 Å². The van der Waals surface area contributed by atoms with Gasteiger partial charge in [-0.1, -0.05) is 0 Å². The van der Waals surface area contributed by atoms with Crippen molar-refractivity contribution >= 4 is 0 Å². The summed E-state index contributed by atoms with van der Waals surface area (Å²) in [7, 11) is 0.